The van der Waals surface area contributed by atoms with Gasteiger partial charge in [-0.1, -0.05) is 5.21 Å². The number of hydrogen-bond acceptors (Lipinski definition) is 12. The molecule has 0 amide bonds. The molecule has 3 rings (SSSR count). The Morgan fingerprint density at radius 2 is 1.87 bits per heavy atom. The van der Waals surface area contributed by atoms with Crippen LogP contribution in [0, 0.1) is 0 Å². The predicted octanol–water partition coefficient (Wildman–Crippen LogP) is 1.02. The van der Waals surface area contributed by atoms with Gasteiger partial charge in [-0.2, -0.15) is 0 Å². The van der Waals surface area contributed by atoms with Crippen LogP contribution >= 0.6 is 24.0 Å². The van der Waals surface area contributed by atoms with Gasteiger partial charge in [0.15, 0.2) is 12.2 Å². The molecule has 1 aliphatic heterocycles. The summed E-state index contributed by atoms with van der Waals surface area (Å²) in [5.41, 5.74) is -0.411. The number of aromatic nitrogens is 4. The molecule has 1 fully saturated rings. The third-order valence-corrected chi connectivity index (χ3v) is 5.37. The molecule has 2 aromatic heterocycles. The summed E-state index contributed by atoms with van der Waals surface area (Å²) in [5.74, 6) is -1.70. The van der Waals surface area contributed by atoms with Crippen molar-refractivity contribution in [1.29, 1.82) is 0 Å². The quantitative estimate of drug-likeness (QED) is 0.382. The van der Waals surface area contributed by atoms with E-state index in [1.807, 2.05) is 0 Å². The van der Waals surface area contributed by atoms with Crippen molar-refractivity contribution in [3.8, 4) is 10.7 Å². The summed E-state index contributed by atoms with van der Waals surface area (Å²) in [6, 6.07) is -0.837. The third kappa shape index (κ3) is 5.15. The largest absolute Gasteiger partial charge is 0.463 e. The fraction of sp³-hybridized carbons (Fsp3) is 0.529. The number of ether oxygens (including phenoxy) is 4. The van der Waals surface area contributed by atoms with E-state index in [0.29, 0.717) is 10.7 Å². The van der Waals surface area contributed by atoms with Crippen LogP contribution in [-0.4, -0.2) is 68.2 Å². The Balaban J connectivity index is 2.00. The molecule has 0 unspecified atom stereocenters. The highest BCUT2D eigenvalue weighted by atomic mass is 32.1. The zero-order valence-corrected chi connectivity index (χ0v) is 18.0. The van der Waals surface area contributed by atoms with E-state index >= 15 is 0 Å². The fourth-order valence-electron chi connectivity index (χ4n) is 3.07. The van der Waals surface area contributed by atoms with Crippen molar-refractivity contribution in [3.05, 3.63) is 17.8 Å². The Kier molecular flexibility index (Phi) is 7.05. The van der Waals surface area contributed by atoms with Gasteiger partial charge in [0, 0.05) is 32.3 Å². The minimum absolute atomic E-state index is 0.193. The van der Waals surface area contributed by atoms with Gasteiger partial charge in [-0.05, 0) is 0 Å². The molecule has 0 saturated carbocycles. The summed E-state index contributed by atoms with van der Waals surface area (Å²) in [6.45, 7) is 3.53. The first-order chi connectivity index (χ1) is 14.3. The first-order valence-electron chi connectivity index (χ1n) is 8.89. The van der Waals surface area contributed by atoms with E-state index in [2.05, 4.69) is 27.9 Å². The smallest absolute Gasteiger partial charge is 0.303 e. The van der Waals surface area contributed by atoms with Crippen molar-refractivity contribution in [1.82, 2.24) is 20.0 Å². The molecule has 5 atom stereocenters. The zero-order chi connectivity index (χ0) is 21.8. The van der Waals surface area contributed by atoms with E-state index in [0.717, 1.165) is 0 Å². The number of carbonyl (C=O) groups is 3. The highest BCUT2D eigenvalue weighted by Crippen LogP contribution is 2.36. The van der Waals surface area contributed by atoms with Gasteiger partial charge < -0.3 is 18.9 Å². The van der Waals surface area contributed by atoms with Gasteiger partial charge in [-0.25, -0.2) is 9.67 Å². The maximum Gasteiger partial charge on any atom is 0.303 e. The Morgan fingerprint density at radius 3 is 2.47 bits per heavy atom. The molecule has 13 heteroatoms. The van der Waals surface area contributed by atoms with Crippen molar-refractivity contribution in [2.24, 2.45) is 0 Å². The summed E-state index contributed by atoms with van der Waals surface area (Å²) in [4.78, 5) is 39.0. The molecule has 0 aliphatic carbocycles. The number of hydrogen-bond donors (Lipinski definition) is 1. The molecule has 0 spiro atoms. The predicted molar refractivity (Wildman–Crippen MR) is 106 cm³/mol. The molecule has 0 radical (unpaired) electrons. The van der Waals surface area contributed by atoms with Crippen LogP contribution < -0.4 is 0 Å². The summed E-state index contributed by atoms with van der Waals surface area (Å²) >= 11 is 5.77. The van der Waals surface area contributed by atoms with Crippen molar-refractivity contribution >= 4 is 41.9 Å². The van der Waals surface area contributed by atoms with Crippen LogP contribution in [0.5, 0.6) is 0 Å². The van der Waals surface area contributed by atoms with Crippen LogP contribution in [0.25, 0.3) is 10.7 Å². The monoisotopic (exact) mass is 456 g/mol. The number of nitrogens with zero attached hydrogens (tertiary/aromatic N) is 4. The maximum atomic E-state index is 11.8. The average molecular weight is 457 g/mol. The number of esters is 3. The lowest BCUT2D eigenvalue weighted by atomic mass is 9.96. The third-order valence-electron chi connectivity index (χ3n) is 4.16. The molecule has 0 N–H and O–H groups in total. The topological polar surface area (TPSA) is 132 Å². The molecular weight excluding hydrogens is 436 g/mol. The first kappa shape index (κ1) is 22.2. The molecule has 11 nitrogen and oxygen atoms in total. The second-order valence-electron chi connectivity index (χ2n) is 6.43. The summed E-state index contributed by atoms with van der Waals surface area (Å²) in [5, 5.41) is 10.7. The van der Waals surface area contributed by atoms with Crippen molar-refractivity contribution in [2.45, 2.75) is 50.6 Å². The summed E-state index contributed by atoms with van der Waals surface area (Å²) in [6.07, 6.45) is 0.403. The van der Waals surface area contributed by atoms with Crippen LogP contribution in [0.2, 0.25) is 0 Å². The Morgan fingerprint density at radius 1 is 1.17 bits per heavy atom. The van der Waals surface area contributed by atoms with Crippen LogP contribution in [0.3, 0.4) is 0 Å². The molecule has 0 bridgehead atoms. The zero-order valence-electron chi connectivity index (χ0n) is 16.3. The molecule has 1 saturated heterocycles. The number of thiazole rings is 1. The molecule has 1 aliphatic rings. The molecule has 30 heavy (non-hydrogen) atoms. The summed E-state index contributed by atoms with van der Waals surface area (Å²) < 4.78 is 23.1. The fourth-order valence-corrected chi connectivity index (χ4v) is 4.05. The van der Waals surface area contributed by atoms with Crippen molar-refractivity contribution in [2.75, 3.05) is 6.61 Å². The first-order valence-corrected chi connectivity index (χ1v) is 10.3. The average Bonchev–Trinajstić information content (AvgIpc) is 3.33. The minimum atomic E-state index is -1.000. The minimum Gasteiger partial charge on any atom is -0.463 e. The van der Waals surface area contributed by atoms with Crippen molar-refractivity contribution in [3.63, 3.8) is 0 Å². The normalized spacial score (nSPS) is 26.1. The van der Waals surface area contributed by atoms with Crippen LogP contribution in [0.1, 0.15) is 26.8 Å². The van der Waals surface area contributed by atoms with Gasteiger partial charge in [0.25, 0.3) is 0 Å². The maximum absolute atomic E-state index is 11.8. The van der Waals surface area contributed by atoms with E-state index in [9.17, 15) is 14.4 Å². The van der Waals surface area contributed by atoms with E-state index < -0.39 is 47.7 Å². The van der Waals surface area contributed by atoms with Crippen molar-refractivity contribution < 1.29 is 33.3 Å². The number of thiol groups is 1. The standard InChI is InChI=1S/C17H20N4O7S2/c1-8(22)25-7-12-14(26-9(2)23)13(15(17(29)28-12)27-10(3)24)21-6-11(19-20-21)16-18-4-5-30-16/h4-6,12-15,17,29H,7H2,1-3H3/t12-,13+,14+,15-,17-/m1/s1. The van der Waals surface area contributed by atoms with Crippen LogP contribution in [-0.2, 0) is 33.3 Å². The lowest BCUT2D eigenvalue weighted by Crippen LogP contribution is -2.57. The van der Waals surface area contributed by atoms with Gasteiger partial charge in [0.1, 0.15) is 34.9 Å². The van der Waals surface area contributed by atoms with Gasteiger partial charge in [0.05, 0.1) is 6.20 Å². The van der Waals surface area contributed by atoms with Gasteiger partial charge in [-0.3, -0.25) is 14.4 Å². The number of carbonyl (C=O) groups excluding carboxylic acids is 3. The second kappa shape index (κ2) is 9.53. The number of rotatable bonds is 6. The SMILES string of the molecule is CC(=O)OC[C@H]1O[C@H](S)[C@H](OC(C)=O)[C@@H](n2cc(-c3nccs3)nn2)[C@H]1OC(C)=O. The summed E-state index contributed by atoms with van der Waals surface area (Å²) in [7, 11) is 0. The molecule has 0 aromatic carbocycles. The van der Waals surface area contributed by atoms with Gasteiger partial charge >= 0.3 is 17.9 Å². The van der Waals surface area contributed by atoms with Crippen LogP contribution in [0.4, 0.5) is 0 Å². The molecule has 3 heterocycles. The Labute approximate surface area is 181 Å². The highest BCUT2D eigenvalue weighted by molar-refractivity contribution is 7.80. The van der Waals surface area contributed by atoms with E-state index in [4.69, 9.17) is 18.9 Å². The van der Waals surface area contributed by atoms with E-state index in [-0.39, 0.29) is 6.61 Å². The Bertz CT molecular complexity index is 904. The van der Waals surface area contributed by atoms with Crippen LogP contribution in [0.15, 0.2) is 17.8 Å². The molecule has 162 valence electrons. The highest BCUT2D eigenvalue weighted by Gasteiger charge is 2.50. The lowest BCUT2D eigenvalue weighted by molar-refractivity contribution is -0.211. The lowest BCUT2D eigenvalue weighted by Gasteiger charge is -2.43. The molecular formula is C17H20N4O7S2. The van der Waals surface area contributed by atoms with E-state index in [1.165, 1.54) is 36.8 Å². The van der Waals surface area contributed by atoms with Gasteiger partial charge in [-0.15, -0.1) is 29.1 Å². The Hall–Kier alpha value is -2.51. The molecule has 2 aromatic rings. The second-order valence-corrected chi connectivity index (χ2v) is 7.83. The van der Waals surface area contributed by atoms with Gasteiger partial charge in [0.2, 0.25) is 0 Å². The van der Waals surface area contributed by atoms with E-state index in [1.54, 1.807) is 17.8 Å².